The molecule has 0 amide bonds. The summed E-state index contributed by atoms with van der Waals surface area (Å²) in [6, 6.07) is 15.7. The van der Waals surface area contributed by atoms with Gasteiger partial charge in [-0.15, -0.1) is 0 Å². The van der Waals surface area contributed by atoms with Gasteiger partial charge < -0.3 is 9.30 Å². The van der Waals surface area contributed by atoms with Crippen LogP contribution in [0.5, 0.6) is 5.75 Å². The molecule has 1 atom stereocenters. The van der Waals surface area contributed by atoms with E-state index in [1.807, 2.05) is 54.1 Å². The molecule has 0 aliphatic carbocycles. The lowest BCUT2D eigenvalue weighted by Crippen LogP contribution is -2.42. The van der Waals surface area contributed by atoms with Gasteiger partial charge in [-0.1, -0.05) is 12.1 Å². The van der Waals surface area contributed by atoms with Gasteiger partial charge in [-0.3, -0.25) is 10.1 Å². The third kappa shape index (κ3) is 3.57. The van der Waals surface area contributed by atoms with Crippen molar-refractivity contribution in [1.29, 1.82) is 0 Å². The summed E-state index contributed by atoms with van der Waals surface area (Å²) in [5.41, 5.74) is 1.55. The molecule has 0 saturated carbocycles. The number of nitrogens with zero attached hydrogens (tertiary/aromatic N) is 3. The second-order valence-electron chi connectivity index (χ2n) is 6.90. The molecule has 0 radical (unpaired) electrons. The van der Waals surface area contributed by atoms with E-state index in [1.165, 1.54) is 28.6 Å². The number of benzene rings is 2. The molecule has 3 aromatic rings. The number of sulfonamides is 1. The molecule has 9 heteroatoms. The number of rotatable bonds is 6. The molecule has 1 aliphatic rings. The van der Waals surface area contributed by atoms with Gasteiger partial charge in [0, 0.05) is 37.1 Å². The zero-order valence-electron chi connectivity index (χ0n) is 16.3. The van der Waals surface area contributed by atoms with Crippen molar-refractivity contribution in [2.75, 3.05) is 13.2 Å². The summed E-state index contributed by atoms with van der Waals surface area (Å²) in [4.78, 5) is 10.4. The van der Waals surface area contributed by atoms with Crippen LogP contribution in [-0.4, -0.2) is 35.4 Å². The Kier molecular flexibility index (Phi) is 5.31. The van der Waals surface area contributed by atoms with Crippen LogP contribution in [0, 0.1) is 10.1 Å². The summed E-state index contributed by atoms with van der Waals surface area (Å²) in [5.74, 6) is 0.720. The molecule has 4 rings (SSSR count). The number of nitro groups is 1. The van der Waals surface area contributed by atoms with Crippen molar-refractivity contribution >= 4 is 15.7 Å². The van der Waals surface area contributed by atoms with E-state index < -0.39 is 21.0 Å². The maximum absolute atomic E-state index is 13.5. The molecule has 1 aromatic heterocycles. The van der Waals surface area contributed by atoms with Gasteiger partial charge >= 0.3 is 0 Å². The molecule has 0 N–H and O–H groups in total. The van der Waals surface area contributed by atoms with Crippen molar-refractivity contribution < 1.29 is 18.1 Å². The maximum Gasteiger partial charge on any atom is 0.269 e. The SMILES string of the molecule is CCOc1ccc(C2c3cccn3CCN2S(=O)(=O)c2ccc([N+](=O)[O-])cc2)cc1. The molecule has 2 heterocycles. The second-order valence-corrected chi connectivity index (χ2v) is 8.79. The number of ether oxygens (including phenoxy) is 1. The van der Waals surface area contributed by atoms with Crippen LogP contribution >= 0.6 is 0 Å². The van der Waals surface area contributed by atoms with Gasteiger partial charge in [0.2, 0.25) is 10.0 Å². The largest absolute Gasteiger partial charge is 0.494 e. The predicted molar refractivity (Wildman–Crippen MR) is 111 cm³/mol. The minimum Gasteiger partial charge on any atom is -0.494 e. The second kappa shape index (κ2) is 7.92. The first-order valence-electron chi connectivity index (χ1n) is 9.56. The highest BCUT2D eigenvalue weighted by atomic mass is 32.2. The fourth-order valence-corrected chi connectivity index (χ4v) is 5.33. The summed E-state index contributed by atoms with van der Waals surface area (Å²) >= 11 is 0. The maximum atomic E-state index is 13.5. The standard InChI is InChI=1S/C21H21N3O5S/c1-2-29-18-9-5-16(6-10-18)21-20-4-3-13-22(20)14-15-23(21)30(27,28)19-11-7-17(8-12-19)24(25)26/h3-13,21H,2,14-15H2,1H3. The van der Waals surface area contributed by atoms with Gasteiger partial charge in [-0.25, -0.2) is 8.42 Å². The summed E-state index contributed by atoms with van der Waals surface area (Å²) in [6.45, 7) is 3.27. The van der Waals surface area contributed by atoms with Gasteiger partial charge in [0.15, 0.2) is 0 Å². The highest BCUT2D eigenvalue weighted by Gasteiger charge is 2.37. The molecule has 2 aromatic carbocycles. The number of nitro benzene ring substituents is 1. The Hall–Kier alpha value is -3.17. The lowest BCUT2D eigenvalue weighted by Gasteiger charge is -2.36. The number of non-ortho nitro benzene ring substituents is 1. The van der Waals surface area contributed by atoms with E-state index in [-0.39, 0.29) is 10.6 Å². The number of hydrogen-bond acceptors (Lipinski definition) is 5. The first-order chi connectivity index (χ1) is 14.4. The van der Waals surface area contributed by atoms with Crippen molar-refractivity contribution in [3.05, 3.63) is 88.2 Å². The van der Waals surface area contributed by atoms with E-state index in [2.05, 4.69) is 0 Å². The van der Waals surface area contributed by atoms with E-state index in [0.717, 1.165) is 17.0 Å². The van der Waals surface area contributed by atoms with Crippen LogP contribution in [0.1, 0.15) is 24.2 Å². The lowest BCUT2D eigenvalue weighted by molar-refractivity contribution is -0.384. The monoisotopic (exact) mass is 427 g/mol. The van der Waals surface area contributed by atoms with Crippen LogP contribution in [0.25, 0.3) is 0 Å². The van der Waals surface area contributed by atoms with Gasteiger partial charge in [-0.05, 0) is 48.9 Å². The smallest absolute Gasteiger partial charge is 0.269 e. The molecule has 156 valence electrons. The van der Waals surface area contributed by atoms with E-state index in [1.54, 1.807) is 0 Å². The lowest BCUT2D eigenvalue weighted by atomic mass is 10.0. The Morgan fingerprint density at radius 2 is 1.77 bits per heavy atom. The molecular formula is C21H21N3O5S. The molecular weight excluding hydrogens is 406 g/mol. The average Bonchev–Trinajstić information content (AvgIpc) is 3.23. The first kappa shape index (κ1) is 20.1. The van der Waals surface area contributed by atoms with Crippen LogP contribution in [0.4, 0.5) is 5.69 Å². The molecule has 0 fully saturated rings. The number of hydrogen-bond donors (Lipinski definition) is 0. The van der Waals surface area contributed by atoms with E-state index in [9.17, 15) is 18.5 Å². The van der Waals surface area contributed by atoms with Crippen molar-refractivity contribution in [1.82, 2.24) is 8.87 Å². The normalized spacial score (nSPS) is 16.8. The fraction of sp³-hybridized carbons (Fsp3) is 0.238. The highest BCUT2D eigenvalue weighted by Crippen LogP contribution is 2.37. The topological polar surface area (TPSA) is 94.7 Å². The van der Waals surface area contributed by atoms with Crippen LogP contribution in [-0.2, 0) is 16.6 Å². The Bertz CT molecular complexity index is 1150. The third-order valence-corrected chi connectivity index (χ3v) is 7.03. The van der Waals surface area contributed by atoms with Gasteiger partial charge in [0.25, 0.3) is 5.69 Å². The third-order valence-electron chi connectivity index (χ3n) is 5.16. The molecule has 0 saturated heterocycles. The molecule has 8 nitrogen and oxygen atoms in total. The molecule has 0 spiro atoms. The Morgan fingerprint density at radius 3 is 2.40 bits per heavy atom. The minimum absolute atomic E-state index is 0.0315. The van der Waals surface area contributed by atoms with Crippen molar-refractivity contribution in [3.63, 3.8) is 0 Å². The summed E-state index contributed by atoms with van der Waals surface area (Å²) < 4.78 is 36.0. The van der Waals surface area contributed by atoms with Crippen LogP contribution < -0.4 is 4.74 Å². The zero-order valence-corrected chi connectivity index (χ0v) is 17.2. The van der Waals surface area contributed by atoms with E-state index >= 15 is 0 Å². The van der Waals surface area contributed by atoms with Gasteiger partial charge in [0.1, 0.15) is 5.75 Å². The van der Waals surface area contributed by atoms with E-state index in [4.69, 9.17) is 4.74 Å². The Balaban J connectivity index is 1.76. The molecule has 0 bridgehead atoms. The summed E-state index contributed by atoms with van der Waals surface area (Å²) in [7, 11) is -3.88. The van der Waals surface area contributed by atoms with Gasteiger partial charge in [0.05, 0.1) is 22.5 Å². The molecule has 30 heavy (non-hydrogen) atoms. The van der Waals surface area contributed by atoms with E-state index in [0.29, 0.717) is 19.7 Å². The molecule has 1 aliphatic heterocycles. The predicted octanol–water partition coefficient (Wildman–Crippen LogP) is 3.59. The Labute approximate surface area is 174 Å². The number of fused-ring (bicyclic) bond motifs is 1. The van der Waals surface area contributed by atoms with Gasteiger partial charge in [-0.2, -0.15) is 4.31 Å². The number of aromatic nitrogens is 1. The van der Waals surface area contributed by atoms with Crippen molar-refractivity contribution in [2.45, 2.75) is 24.4 Å². The Morgan fingerprint density at radius 1 is 1.07 bits per heavy atom. The van der Waals surface area contributed by atoms with Crippen molar-refractivity contribution in [2.24, 2.45) is 0 Å². The summed E-state index contributed by atoms with van der Waals surface area (Å²) in [6.07, 6.45) is 1.94. The zero-order chi connectivity index (χ0) is 21.3. The van der Waals surface area contributed by atoms with Crippen LogP contribution in [0.15, 0.2) is 71.8 Å². The fourth-order valence-electron chi connectivity index (χ4n) is 3.75. The first-order valence-corrected chi connectivity index (χ1v) is 11.0. The van der Waals surface area contributed by atoms with Crippen LogP contribution in [0.2, 0.25) is 0 Å². The quantitative estimate of drug-likeness (QED) is 0.443. The van der Waals surface area contributed by atoms with Crippen LogP contribution in [0.3, 0.4) is 0 Å². The molecule has 1 unspecified atom stereocenters. The summed E-state index contributed by atoms with van der Waals surface area (Å²) in [5, 5.41) is 10.9. The minimum atomic E-state index is -3.88. The highest BCUT2D eigenvalue weighted by molar-refractivity contribution is 7.89. The average molecular weight is 427 g/mol. The van der Waals surface area contributed by atoms with Crippen molar-refractivity contribution in [3.8, 4) is 5.75 Å².